The summed E-state index contributed by atoms with van der Waals surface area (Å²) >= 11 is 5.93. The summed E-state index contributed by atoms with van der Waals surface area (Å²) in [5.41, 5.74) is 0.991. The van der Waals surface area contributed by atoms with Gasteiger partial charge in [0.25, 0.3) is 0 Å². The molecule has 1 aromatic carbocycles. The molecule has 0 aliphatic heterocycles. The third kappa shape index (κ3) is 5.91. The highest BCUT2D eigenvalue weighted by atomic mass is 35.5. The summed E-state index contributed by atoms with van der Waals surface area (Å²) in [5.74, 6) is 0.776. The fraction of sp³-hybridized carbons (Fsp3) is 0.538. The lowest BCUT2D eigenvalue weighted by Gasteiger charge is -2.18. The van der Waals surface area contributed by atoms with Crippen molar-refractivity contribution in [3.63, 3.8) is 0 Å². The van der Waals surface area contributed by atoms with E-state index in [-0.39, 0.29) is 24.7 Å². The molecule has 0 amide bonds. The average molecular weight is 294 g/mol. The second-order valence-corrected chi connectivity index (χ2v) is 4.55. The number of aliphatic hydroxyl groups excluding tert-OH is 1. The van der Waals surface area contributed by atoms with Crippen molar-refractivity contribution >= 4 is 24.0 Å². The van der Waals surface area contributed by atoms with Crippen molar-refractivity contribution in [3.8, 4) is 5.75 Å². The third-order valence-corrected chi connectivity index (χ3v) is 2.98. The number of nitrogens with one attached hydrogen (secondary N) is 1. The van der Waals surface area contributed by atoms with Crippen LogP contribution in [0.5, 0.6) is 5.75 Å². The molecule has 0 aromatic heterocycles. The molecule has 104 valence electrons. The number of halogens is 2. The van der Waals surface area contributed by atoms with Crippen LogP contribution in [-0.2, 0) is 0 Å². The van der Waals surface area contributed by atoms with Crippen LogP contribution in [0.15, 0.2) is 18.2 Å². The molecule has 0 heterocycles. The molecule has 0 aliphatic rings. The molecule has 2 atom stereocenters. The Balaban J connectivity index is 0.00000289. The van der Waals surface area contributed by atoms with Gasteiger partial charge in [-0.2, -0.15) is 0 Å². The number of hydrogen-bond donors (Lipinski definition) is 2. The molecule has 3 nitrogen and oxygen atoms in total. The van der Waals surface area contributed by atoms with Crippen molar-refractivity contribution in [3.05, 3.63) is 28.8 Å². The van der Waals surface area contributed by atoms with E-state index in [1.54, 1.807) is 0 Å². The van der Waals surface area contributed by atoms with E-state index in [9.17, 15) is 5.11 Å². The number of aryl methyl sites for hydroxylation is 1. The number of ether oxygens (including phenoxy) is 1. The van der Waals surface area contributed by atoms with Crippen molar-refractivity contribution in [2.45, 2.75) is 39.5 Å². The molecule has 0 aliphatic carbocycles. The summed E-state index contributed by atoms with van der Waals surface area (Å²) in [6.07, 6.45) is 0.268. The van der Waals surface area contributed by atoms with Crippen LogP contribution in [0, 0.1) is 6.92 Å². The van der Waals surface area contributed by atoms with Gasteiger partial charge < -0.3 is 9.84 Å². The lowest BCUT2D eigenvalue weighted by molar-refractivity contribution is 0.125. The van der Waals surface area contributed by atoms with Crippen LogP contribution < -0.4 is 10.1 Å². The first kappa shape index (κ1) is 17.5. The van der Waals surface area contributed by atoms with Gasteiger partial charge in [0, 0.05) is 11.6 Å². The van der Waals surface area contributed by atoms with E-state index in [1.807, 2.05) is 39.0 Å². The van der Waals surface area contributed by atoms with Crippen molar-refractivity contribution in [1.29, 1.82) is 0 Å². The van der Waals surface area contributed by atoms with Crippen molar-refractivity contribution in [1.82, 2.24) is 5.32 Å². The topological polar surface area (TPSA) is 41.5 Å². The molecular formula is C13H21Cl2NO2. The first-order valence-electron chi connectivity index (χ1n) is 5.87. The van der Waals surface area contributed by atoms with Crippen molar-refractivity contribution in [2.24, 2.45) is 0 Å². The quantitative estimate of drug-likeness (QED) is 0.792. The van der Waals surface area contributed by atoms with Crippen molar-refractivity contribution in [2.75, 3.05) is 6.54 Å². The standard InChI is InChI=1S/C13H20ClNO2.ClH/c1-4-11(16)8-15-10(3)17-12-5-6-13(14)9(2)7-12;/h5-7,10-11,15-16H,4,8H2,1-3H3;1H. The van der Waals surface area contributed by atoms with E-state index in [2.05, 4.69) is 5.32 Å². The van der Waals surface area contributed by atoms with E-state index in [4.69, 9.17) is 16.3 Å². The second kappa shape index (κ2) is 8.59. The molecule has 2 N–H and O–H groups in total. The molecule has 18 heavy (non-hydrogen) atoms. The van der Waals surface area contributed by atoms with Crippen LogP contribution in [0.2, 0.25) is 5.02 Å². The minimum absolute atomic E-state index is 0. The summed E-state index contributed by atoms with van der Waals surface area (Å²) in [7, 11) is 0. The highest BCUT2D eigenvalue weighted by Gasteiger charge is 2.07. The van der Waals surface area contributed by atoms with Crippen molar-refractivity contribution < 1.29 is 9.84 Å². The lowest BCUT2D eigenvalue weighted by Crippen LogP contribution is -2.37. The van der Waals surface area contributed by atoms with Crippen LogP contribution in [0.4, 0.5) is 0 Å². The molecule has 1 aromatic rings. The van der Waals surface area contributed by atoms with Gasteiger partial charge in [-0.25, -0.2) is 0 Å². The van der Waals surface area contributed by atoms with Gasteiger partial charge in [-0.3, -0.25) is 5.32 Å². The third-order valence-electron chi connectivity index (χ3n) is 2.55. The van der Waals surface area contributed by atoms with E-state index in [0.29, 0.717) is 6.54 Å². The lowest BCUT2D eigenvalue weighted by atomic mass is 10.2. The summed E-state index contributed by atoms with van der Waals surface area (Å²) in [6, 6.07) is 5.56. The number of benzene rings is 1. The highest BCUT2D eigenvalue weighted by Crippen LogP contribution is 2.21. The maximum Gasteiger partial charge on any atom is 0.147 e. The van der Waals surface area contributed by atoms with Gasteiger partial charge in [-0.15, -0.1) is 12.4 Å². The monoisotopic (exact) mass is 293 g/mol. The summed E-state index contributed by atoms with van der Waals surface area (Å²) < 4.78 is 5.66. The number of rotatable bonds is 6. The number of hydrogen-bond acceptors (Lipinski definition) is 3. The Kier molecular flexibility index (Phi) is 8.36. The van der Waals surface area contributed by atoms with E-state index in [0.717, 1.165) is 22.8 Å². The molecule has 0 saturated carbocycles. The van der Waals surface area contributed by atoms with Crippen LogP contribution in [0.1, 0.15) is 25.8 Å². The Labute approximate surface area is 120 Å². The minimum atomic E-state index is -0.326. The van der Waals surface area contributed by atoms with Crippen LogP contribution in [0.25, 0.3) is 0 Å². The van der Waals surface area contributed by atoms with Gasteiger partial charge in [0.1, 0.15) is 12.0 Å². The van der Waals surface area contributed by atoms with Crippen LogP contribution in [-0.4, -0.2) is 24.0 Å². The SMILES string of the molecule is CCC(O)CNC(C)Oc1ccc(Cl)c(C)c1.Cl. The Morgan fingerprint density at radius 2 is 2.11 bits per heavy atom. The number of aliphatic hydroxyl groups is 1. The van der Waals surface area contributed by atoms with Crippen LogP contribution in [0.3, 0.4) is 0 Å². The highest BCUT2D eigenvalue weighted by molar-refractivity contribution is 6.31. The fourth-order valence-electron chi connectivity index (χ4n) is 1.38. The molecule has 0 bridgehead atoms. The Hall–Kier alpha value is -0.480. The Morgan fingerprint density at radius 3 is 2.67 bits per heavy atom. The predicted molar refractivity (Wildman–Crippen MR) is 77.8 cm³/mol. The Morgan fingerprint density at radius 1 is 1.44 bits per heavy atom. The second-order valence-electron chi connectivity index (χ2n) is 4.14. The summed E-state index contributed by atoms with van der Waals surface area (Å²) in [4.78, 5) is 0. The van der Waals surface area contributed by atoms with E-state index < -0.39 is 0 Å². The maximum atomic E-state index is 9.42. The zero-order valence-corrected chi connectivity index (χ0v) is 12.5. The molecule has 0 radical (unpaired) electrons. The normalized spacial score (nSPS) is 13.6. The minimum Gasteiger partial charge on any atom is -0.476 e. The largest absolute Gasteiger partial charge is 0.476 e. The summed E-state index contributed by atoms with van der Waals surface area (Å²) in [5, 5.41) is 13.3. The van der Waals surface area contributed by atoms with Gasteiger partial charge in [-0.05, 0) is 44.0 Å². The first-order valence-corrected chi connectivity index (χ1v) is 6.25. The Bertz CT molecular complexity index is 361. The molecule has 1 rings (SSSR count). The van der Waals surface area contributed by atoms with Gasteiger partial charge in [-0.1, -0.05) is 18.5 Å². The van der Waals surface area contributed by atoms with Crippen LogP contribution >= 0.6 is 24.0 Å². The van der Waals surface area contributed by atoms with E-state index in [1.165, 1.54) is 0 Å². The fourth-order valence-corrected chi connectivity index (χ4v) is 1.50. The van der Waals surface area contributed by atoms with Gasteiger partial charge in [0.15, 0.2) is 0 Å². The zero-order valence-electron chi connectivity index (χ0n) is 10.9. The molecule has 0 spiro atoms. The predicted octanol–water partition coefficient (Wildman–Crippen LogP) is 3.16. The molecule has 2 unspecified atom stereocenters. The smallest absolute Gasteiger partial charge is 0.147 e. The summed E-state index contributed by atoms with van der Waals surface area (Å²) in [6.45, 7) is 6.32. The van der Waals surface area contributed by atoms with Gasteiger partial charge >= 0.3 is 0 Å². The molecule has 0 fully saturated rings. The zero-order chi connectivity index (χ0) is 12.8. The molecule has 5 heteroatoms. The van der Waals surface area contributed by atoms with Gasteiger partial charge in [0.2, 0.25) is 0 Å². The molecular weight excluding hydrogens is 273 g/mol. The maximum absolute atomic E-state index is 9.42. The molecule has 0 saturated heterocycles. The first-order chi connectivity index (χ1) is 8.02. The average Bonchev–Trinajstić information content (AvgIpc) is 2.31. The van der Waals surface area contributed by atoms with E-state index >= 15 is 0 Å². The van der Waals surface area contributed by atoms with Gasteiger partial charge in [0.05, 0.1) is 6.10 Å².